The third kappa shape index (κ3) is 10.9. The van der Waals surface area contributed by atoms with E-state index in [0.29, 0.717) is 47.0 Å². The summed E-state index contributed by atoms with van der Waals surface area (Å²) in [5.74, 6) is 3.37. The van der Waals surface area contributed by atoms with E-state index in [4.69, 9.17) is 21.0 Å². The molecule has 15 heteroatoms. The third-order valence-corrected chi connectivity index (χ3v) is 9.12. The second-order valence-electron chi connectivity index (χ2n) is 11.4. The number of ether oxygens (including phenoxy) is 1. The van der Waals surface area contributed by atoms with Crippen molar-refractivity contribution in [1.29, 1.82) is 5.41 Å². The number of hydrogen-bond acceptors (Lipinski definition) is 10. The van der Waals surface area contributed by atoms with Crippen LogP contribution in [0, 0.1) is 23.1 Å². The van der Waals surface area contributed by atoms with Crippen LogP contribution in [0.4, 0.5) is 14.7 Å². The molecule has 0 fully saturated rings. The van der Waals surface area contributed by atoms with E-state index in [0.717, 1.165) is 21.6 Å². The molecule has 2 aromatic carbocycles. The van der Waals surface area contributed by atoms with Crippen molar-refractivity contribution < 1.29 is 28.9 Å². The van der Waals surface area contributed by atoms with Crippen LogP contribution in [0.1, 0.15) is 53.5 Å². The monoisotopic (exact) mass is 719 g/mol. The maximum Gasteiger partial charge on any atom is 0.355 e. The summed E-state index contributed by atoms with van der Waals surface area (Å²) in [5, 5.41) is 28.7. The van der Waals surface area contributed by atoms with Gasteiger partial charge in [-0.2, -0.15) is 0 Å². The predicted octanol–water partition coefficient (Wildman–Crippen LogP) is 6.19. The summed E-state index contributed by atoms with van der Waals surface area (Å²) in [4.78, 5) is 40.4. The molecule has 0 aliphatic rings. The molecule has 0 bridgehead atoms. The van der Waals surface area contributed by atoms with Crippen LogP contribution in [-0.4, -0.2) is 82.5 Å². The second-order valence-corrected chi connectivity index (χ2v) is 13.5. The van der Waals surface area contributed by atoms with Crippen LogP contribution in [0.5, 0.6) is 5.75 Å². The van der Waals surface area contributed by atoms with E-state index in [2.05, 4.69) is 26.8 Å². The quantitative estimate of drug-likeness (QED) is 0.0452. The molecule has 0 spiro atoms. The Bertz CT molecular complexity index is 1940. The van der Waals surface area contributed by atoms with Gasteiger partial charge in [0, 0.05) is 23.4 Å². The van der Waals surface area contributed by atoms with Crippen molar-refractivity contribution in [3.8, 4) is 17.6 Å². The van der Waals surface area contributed by atoms with E-state index in [1.807, 2.05) is 43.3 Å². The van der Waals surface area contributed by atoms with Crippen molar-refractivity contribution in [3.05, 3.63) is 76.1 Å². The zero-order valence-electron chi connectivity index (χ0n) is 27.9. The number of anilines is 1. The zero-order valence-corrected chi connectivity index (χ0v) is 29.5. The van der Waals surface area contributed by atoms with Gasteiger partial charge in [0.1, 0.15) is 11.7 Å². The first-order chi connectivity index (χ1) is 23.9. The Hall–Kier alpha value is -5.17. The fourth-order valence-corrected chi connectivity index (χ4v) is 6.51. The van der Waals surface area contributed by atoms with Gasteiger partial charge in [0.05, 0.1) is 23.4 Å². The number of aryl methyl sites for hydroxylation is 1. The number of halogens is 1. The number of aliphatic imine (C=N–C) groups is 1. The van der Waals surface area contributed by atoms with Crippen molar-refractivity contribution in [2.75, 3.05) is 38.7 Å². The summed E-state index contributed by atoms with van der Waals surface area (Å²) in [6, 6.07) is 12.1. The SMILES string of the molecule is C/C(=C/C(=N)N(CCCCC(=O)O)c1nc(C(=O)O)c(CCCOc2ccc(C#CCN(C)C)cc2F)s1)C(N)=Nc1nc2ccccc2s1. The Labute approximate surface area is 297 Å². The first kappa shape index (κ1) is 37.6. The number of rotatable bonds is 16. The van der Waals surface area contributed by atoms with Crippen LogP contribution >= 0.6 is 22.7 Å². The van der Waals surface area contributed by atoms with Gasteiger partial charge in [-0.3, -0.25) is 15.1 Å². The van der Waals surface area contributed by atoms with E-state index in [-0.39, 0.29) is 54.2 Å². The highest BCUT2D eigenvalue weighted by molar-refractivity contribution is 7.22. The summed E-state index contributed by atoms with van der Waals surface area (Å²) in [6.45, 7) is 2.59. The molecule has 12 nitrogen and oxygen atoms in total. The van der Waals surface area contributed by atoms with E-state index >= 15 is 0 Å². The molecule has 0 unspecified atom stereocenters. The largest absolute Gasteiger partial charge is 0.491 e. The van der Waals surface area contributed by atoms with Crippen LogP contribution in [0.2, 0.25) is 0 Å². The number of aromatic carboxylic acids is 1. The minimum absolute atomic E-state index is 0.0221. The number of amidine groups is 2. The van der Waals surface area contributed by atoms with Crippen molar-refractivity contribution in [2.45, 2.75) is 39.0 Å². The predicted molar refractivity (Wildman–Crippen MR) is 196 cm³/mol. The van der Waals surface area contributed by atoms with Crippen LogP contribution in [0.3, 0.4) is 0 Å². The highest BCUT2D eigenvalue weighted by atomic mass is 32.1. The van der Waals surface area contributed by atoms with Gasteiger partial charge >= 0.3 is 11.9 Å². The first-order valence-corrected chi connectivity index (χ1v) is 17.3. The normalized spacial score (nSPS) is 11.8. The molecular formula is C35H38FN7O5S2. The molecule has 0 atom stereocenters. The van der Waals surface area contributed by atoms with Crippen molar-refractivity contribution in [1.82, 2.24) is 14.9 Å². The molecule has 0 radical (unpaired) electrons. The van der Waals surface area contributed by atoms with Crippen LogP contribution in [-0.2, 0) is 11.2 Å². The van der Waals surface area contributed by atoms with Gasteiger partial charge in [-0.15, -0.1) is 11.3 Å². The number of carboxylic acid groups (broad SMARTS) is 2. The fourth-order valence-electron chi connectivity index (χ4n) is 4.52. The number of hydrogen-bond donors (Lipinski definition) is 4. The molecule has 2 heterocycles. The lowest BCUT2D eigenvalue weighted by Crippen LogP contribution is -2.31. The van der Waals surface area contributed by atoms with Crippen molar-refractivity contribution >= 4 is 66.8 Å². The molecule has 2 aromatic heterocycles. The number of thiazole rings is 2. The van der Waals surface area contributed by atoms with Crippen molar-refractivity contribution in [3.63, 3.8) is 0 Å². The summed E-state index contributed by atoms with van der Waals surface area (Å²) < 4.78 is 21.2. The summed E-state index contributed by atoms with van der Waals surface area (Å²) in [7, 11) is 3.79. The number of aliphatic carboxylic acids is 1. The number of aromatic nitrogens is 2. The van der Waals surface area contributed by atoms with Gasteiger partial charge in [0.25, 0.3) is 0 Å². The Morgan fingerprint density at radius 3 is 2.60 bits per heavy atom. The Morgan fingerprint density at radius 1 is 1.12 bits per heavy atom. The zero-order chi connectivity index (χ0) is 36.2. The molecule has 5 N–H and O–H groups in total. The molecule has 0 aliphatic heterocycles. The Kier molecular flexibility index (Phi) is 13.6. The number of carbonyl (C=O) groups is 2. The van der Waals surface area contributed by atoms with Crippen LogP contribution < -0.4 is 15.4 Å². The van der Waals surface area contributed by atoms with E-state index in [1.54, 1.807) is 13.0 Å². The number of nitrogens with zero attached hydrogens (tertiary/aromatic N) is 5. The number of carboxylic acids is 2. The maximum absolute atomic E-state index is 14.6. The first-order valence-electron chi connectivity index (χ1n) is 15.7. The molecule has 0 saturated carbocycles. The van der Waals surface area contributed by atoms with Gasteiger partial charge in [-0.1, -0.05) is 35.3 Å². The molecule has 262 valence electrons. The average molecular weight is 720 g/mol. The topological polar surface area (TPSA) is 178 Å². The maximum atomic E-state index is 14.6. The van der Waals surface area contributed by atoms with E-state index in [9.17, 15) is 19.1 Å². The summed E-state index contributed by atoms with van der Waals surface area (Å²) in [6.07, 6.45) is 2.88. The number of nitrogens with one attached hydrogen (secondary N) is 1. The molecule has 0 amide bonds. The van der Waals surface area contributed by atoms with E-state index in [1.165, 1.54) is 34.4 Å². The minimum Gasteiger partial charge on any atom is -0.491 e. The Morgan fingerprint density at radius 2 is 1.90 bits per heavy atom. The number of benzene rings is 2. The summed E-state index contributed by atoms with van der Waals surface area (Å²) in [5.41, 5.74) is 7.93. The van der Waals surface area contributed by atoms with Crippen LogP contribution in [0.25, 0.3) is 10.2 Å². The number of fused-ring (bicyclic) bond motifs is 1. The average Bonchev–Trinajstić information content (AvgIpc) is 3.67. The van der Waals surface area contributed by atoms with Crippen LogP contribution in [0.15, 0.2) is 59.1 Å². The van der Waals surface area contributed by atoms with Gasteiger partial charge in [-0.05, 0) is 88.7 Å². The number of nitrogens with two attached hydrogens (primary N) is 1. The number of unbranched alkanes of at least 4 members (excludes halogenated alkanes) is 1. The molecule has 0 saturated heterocycles. The molecule has 4 aromatic rings. The highest BCUT2D eigenvalue weighted by Crippen LogP contribution is 2.30. The van der Waals surface area contributed by atoms with Gasteiger partial charge in [0.2, 0.25) is 5.13 Å². The van der Waals surface area contributed by atoms with Gasteiger partial charge in [0.15, 0.2) is 22.4 Å². The second kappa shape index (κ2) is 18.0. The van der Waals surface area contributed by atoms with Crippen molar-refractivity contribution in [2.24, 2.45) is 10.7 Å². The lowest BCUT2D eigenvalue weighted by atomic mass is 10.2. The molecule has 50 heavy (non-hydrogen) atoms. The lowest BCUT2D eigenvalue weighted by molar-refractivity contribution is -0.137. The Balaban J connectivity index is 1.48. The smallest absolute Gasteiger partial charge is 0.355 e. The fraction of sp³-hybridized carbons (Fsp3) is 0.314. The molecular weight excluding hydrogens is 682 g/mol. The lowest BCUT2D eigenvalue weighted by Gasteiger charge is -2.21. The minimum atomic E-state index is -1.23. The molecule has 0 aliphatic carbocycles. The standard InChI is InChI=1S/C35H38FN7O5S2/c1-22(32(38)41-34-39-25-11-4-5-12-27(25)49-34)20-29(37)43(18-7-6-14-30(44)45)35-40-31(33(46)47)28(50-35)13-9-19-48-26-16-15-23(21-24(26)36)10-8-17-42(2)3/h4-5,11-12,15-16,20-21,37H,6-7,9,13-14,17-19H2,1-3H3,(H,44,45)(H,46,47)(H2,38,39,41)/b22-20-,37-29?. The number of para-hydroxylation sites is 1. The highest BCUT2D eigenvalue weighted by Gasteiger charge is 2.23. The summed E-state index contributed by atoms with van der Waals surface area (Å²) >= 11 is 2.50. The molecule has 4 rings (SSSR count). The van der Waals surface area contributed by atoms with Gasteiger partial charge < -0.3 is 25.6 Å². The van der Waals surface area contributed by atoms with E-state index < -0.39 is 17.8 Å². The third-order valence-electron chi connectivity index (χ3n) is 7.05. The van der Waals surface area contributed by atoms with Gasteiger partial charge in [-0.25, -0.2) is 24.1 Å².